The second-order valence-electron chi connectivity index (χ2n) is 5.83. The molecule has 0 fully saturated rings. The smallest absolute Gasteiger partial charge is 0.300 e. The summed E-state index contributed by atoms with van der Waals surface area (Å²) in [7, 11) is 0. The second kappa shape index (κ2) is 8.25. The lowest BCUT2D eigenvalue weighted by atomic mass is 9.99. The molecular weight excluding hydrogens is 315 g/mol. The monoisotopic (exact) mass is 336 g/mol. The molecule has 2 aromatic rings. The molecule has 0 atom stereocenters. The van der Waals surface area contributed by atoms with Crippen LogP contribution in [0.15, 0.2) is 36.5 Å². The first kappa shape index (κ1) is 18.4. The van der Waals surface area contributed by atoms with Crippen LogP contribution in [0.1, 0.15) is 37.9 Å². The molecule has 0 aliphatic carbocycles. The molecule has 0 saturated heterocycles. The second-order valence-corrected chi connectivity index (χ2v) is 5.83. The van der Waals surface area contributed by atoms with E-state index in [1.54, 1.807) is 18.3 Å². The maximum absolute atomic E-state index is 13.9. The number of carbonyl (C=O) groups is 1. The summed E-state index contributed by atoms with van der Waals surface area (Å²) in [6.07, 6.45) is 11.1. The molecule has 0 bridgehead atoms. The van der Waals surface area contributed by atoms with Crippen LogP contribution in [0.25, 0.3) is 16.7 Å². The Kier molecular flexibility index (Phi) is 6.08. The largest absolute Gasteiger partial charge is 0.313 e. The van der Waals surface area contributed by atoms with Crippen molar-refractivity contribution in [3.8, 4) is 23.5 Å². The first-order valence-corrected chi connectivity index (χ1v) is 8.17. The van der Waals surface area contributed by atoms with E-state index in [1.807, 2.05) is 18.9 Å². The fourth-order valence-electron chi connectivity index (χ4n) is 2.52. The summed E-state index contributed by atoms with van der Waals surface area (Å²) >= 11 is 0. The topological polar surface area (TPSA) is 42.0 Å². The van der Waals surface area contributed by atoms with Gasteiger partial charge in [-0.15, -0.1) is 6.42 Å². The number of hydrogen-bond donors (Lipinski definition) is 1. The number of unbranched alkanes of at least 4 members (excludes halogenated alkanes) is 1. The molecule has 1 amide bonds. The molecule has 3 nitrogen and oxygen atoms in total. The number of benzene rings is 1. The quantitative estimate of drug-likeness (QED) is 0.783. The van der Waals surface area contributed by atoms with Gasteiger partial charge in [0.2, 0.25) is 0 Å². The zero-order valence-corrected chi connectivity index (χ0v) is 14.7. The Morgan fingerprint density at radius 3 is 2.80 bits per heavy atom. The molecule has 4 heteroatoms. The molecule has 1 heterocycles. The van der Waals surface area contributed by atoms with E-state index in [0.29, 0.717) is 0 Å². The highest BCUT2D eigenvalue weighted by Crippen LogP contribution is 2.28. The van der Waals surface area contributed by atoms with Crippen LogP contribution in [0.3, 0.4) is 0 Å². The molecule has 0 aliphatic rings. The van der Waals surface area contributed by atoms with E-state index in [1.165, 1.54) is 6.07 Å². The third kappa shape index (κ3) is 4.54. The Labute approximate surface area is 148 Å². The average molecular weight is 336 g/mol. The van der Waals surface area contributed by atoms with Crippen molar-refractivity contribution in [2.75, 3.05) is 5.32 Å². The van der Waals surface area contributed by atoms with Crippen molar-refractivity contribution in [1.82, 2.24) is 4.98 Å². The van der Waals surface area contributed by atoms with Gasteiger partial charge in [-0.3, -0.25) is 9.78 Å². The fraction of sp³-hybridized carbons (Fsp3) is 0.238. The summed E-state index contributed by atoms with van der Waals surface area (Å²) in [4.78, 5) is 15.8. The molecule has 1 aromatic carbocycles. The molecule has 25 heavy (non-hydrogen) atoms. The molecule has 0 spiro atoms. The van der Waals surface area contributed by atoms with E-state index in [0.717, 1.165) is 40.8 Å². The SMILES string of the molecule is C#CC(=O)Nc1cc(-c2cnc(C)c(/C(C)=C\CCC)c2)ccc1F. The predicted octanol–water partition coefficient (Wildman–Crippen LogP) is 4.97. The Balaban J connectivity index is 2.44. The standard InChI is InChI=1S/C21H21FN2O/c1-5-7-8-14(3)18-11-17(13-23-15(18)4)16-9-10-19(22)20(12-16)24-21(25)6-2/h2,8-13H,5,7H2,1,3-4H3,(H,24,25)/b14-8-. The number of pyridine rings is 1. The summed E-state index contributed by atoms with van der Waals surface area (Å²) in [5.74, 6) is 0.696. The van der Waals surface area contributed by atoms with Crippen LogP contribution in [-0.4, -0.2) is 10.9 Å². The van der Waals surface area contributed by atoms with Crippen molar-refractivity contribution in [3.05, 3.63) is 53.6 Å². The maximum Gasteiger partial charge on any atom is 0.300 e. The fourth-order valence-corrected chi connectivity index (χ4v) is 2.52. The lowest BCUT2D eigenvalue weighted by Gasteiger charge is -2.11. The third-order valence-electron chi connectivity index (χ3n) is 3.93. The molecule has 0 radical (unpaired) electrons. The zero-order chi connectivity index (χ0) is 18.4. The highest BCUT2D eigenvalue weighted by Gasteiger charge is 2.10. The van der Waals surface area contributed by atoms with E-state index < -0.39 is 11.7 Å². The summed E-state index contributed by atoms with van der Waals surface area (Å²) in [6, 6.07) is 6.55. The summed E-state index contributed by atoms with van der Waals surface area (Å²) in [5.41, 5.74) is 4.82. The number of nitrogens with one attached hydrogen (secondary N) is 1. The summed E-state index contributed by atoms with van der Waals surface area (Å²) < 4.78 is 13.9. The third-order valence-corrected chi connectivity index (χ3v) is 3.93. The van der Waals surface area contributed by atoms with E-state index in [4.69, 9.17) is 6.42 Å². The van der Waals surface area contributed by atoms with Gasteiger partial charge in [0.05, 0.1) is 5.69 Å². The van der Waals surface area contributed by atoms with Gasteiger partial charge < -0.3 is 5.32 Å². The number of rotatable bonds is 5. The van der Waals surface area contributed by atoms with Crippen molar-refractivity contribution < 1.29 is 9.18 Å². The number of hydrogen-bond acceptors (Lipinski definition) is 2. The Hall–Kier alpha value is -2.93. The normalized spacial score (nSPS) is 11.1. The van der Waals surface area contributed by atoms with Gasteiger partial charge in [-0.2, -0.15) is 0 Å². The van der Waals surface area contributed by atoms with Gasteiger partial charge in [-0.05, 0) is 61.1 Å². The molecule has 1 aromatic heterocycles. The number of aryl methyl sites for hydroxylation is 1. The van der Waals surface area contributed by atoms with Crippen LogP contribution in [0, 0.1) is 25.1 Å². The van der Waals surface area contributed by atoms with Gasteiger partial charge >= 0.3 is 0 Å². The Morgan fingerprint density at radius 1 is 1.36 bits per heavy atom. The highest BCUT2D eigenvalue weighted by molar-refractivity contribution is 6.03. The lowest BCUT2D eigenvalue weighted by molar-refractivity contribution is -0.111. The van der Waals surface area contributed by atoms with Crippen molar-refractivity contribution in [2.24, 2.45) is 0 Å². The van der Waals surface area contributed by atoms with Crippen LogP contribution in [0.4, 0.5) is 10.1 Å². The van der Waals surface area contributed by atoms with E-state index in [2.05, 4.69) is 30.2 Å². The van der Waals surface area contributed by atoms with Crippen LogP contribution in [0.2, 0.25) is 0 Å². The average Bonchev–Trinajstić information content (AvgIpc) is 2.61. The predicted molar refractivity (Wildman–Crippen MR) is 100 cm³/mol. The van der Waals surface area contributed by atoms with E-state index in [-0.39, 0.29) is 5.69 Å². The maximum atomic E-state index is 13.9. The van der Waals surface area contributed by atoms with Gasteiger partial charge in [0.25, 0.3) is 5.91 Å². The Bertz CT molecular complexity index is 863. The minimum atomic E-state index is -0.683. The molecule has 1 N–H and O–H groups in total. The van der Waals surface area contributed by atoms with Crippen molar-refractivity contribution in [1.29, 1.82) is 0 Å². The molecule has 0 aliphatic heterocycles. The first-order chi connectivity index (χ1) is 12.0. The highest BCUT2D eigenvalue weighted by atomic mass is 19.1. The summed E-state index contributed by atoms with van der Waals surface area (Å²) in [5, 5.41) is 2.36. The molecule has 0 unspecified atom stereocenters. The summed E-state index contributed by atoms with van der Waals surface area (Å²) in [6.45, 7) is 6.16. The number of aromatic nitrogens is 1. The lowest BCUT2D eigenvalue weighted by Crippen LogP contribution is -2.09. The van der Waals surface area contributed by atoms with Crippen LogP contribution < -0.4 is 5.32 Å². The molecule has 2 rings (SSSR count). The minimum absolute atomic E-state index is 0.0563. The molecule has 128 valence electrons. The van der Waals surface area contributed by atoms with Crippen molar-refractivity contribution >= 4 is 17.2 Å². The Morgan fingerprint density at radius 2 is 2.12 bits per heavy atom. The van der Waals surface area contributed by atoms with Gasteiger partial charge in [0.1, 0.15) is 5.82 Å². The van der Waals surface area contributed by atoms with Gasteiger partial charge in [-0.25, -0.2) is 4.39 Å². The zero-order valence-electron chi connectivity index (χ0n) is 14.7. The number of carbonyl (C=O) groups excluding carboxylic acids is 1. The molecular formula is C21H21FN2O. The number of allylic oxidation sites excluding steroid dienone is 2. The number of anilines is 1. The van der Waals surface area contributed by atoms with E-state index in [9.17, 15) is 9.18 Å². The minimum Gasteiger partial charge on any atom is -0.313 e. The van der Waals surface area contributed by atoms with Crippen molar-refractivity contribution in [3.63, 3.8) is 0 Å². The van der Waals surface area contributed by atoms with E-state index >= 15 is 0 Å². The van der Waals surface area contributed by atoms with Crippen LogP contribution in [-0.2, 0) is 4.79 Å². The van der Waals surface area contributed by atoms with Crippen LogP contribution in [0.5, 0.6) is 0 Å². The van der Waals surface area contributed by atoms with Gasteiger partial charge in [0, 0.05) is 17.5 Å². The van der Waals surface area contributed by atoms with Gasteiger partial charge in [0.15, 0.2) is 0 Å². The number of terminal acetylenes is 1. The first-order valence-electron chi connectivity index (χ1n) is 8.17. The molecule has 0 saturated carbocycles. The number of amides is 1. The van der Waals surface area contributed by atoms with Crippen LogP contribution >= 0.6 is 0 Å². The van der Waals surface area contributed by atoms with Crippen molar-refractivity contribution in [2.45, 2.75) is 33.6 Å². The number of nitrogens with zero attached hydrogens (tertiary/aromatic N) is 1. The number of halogens is 1. The van der Waals surface area contributed by atoms with Gasteiger partial charge in [-0.1, -0.05) is 25.5 Å².